The number of hydrogen-bond donors (Lipinski definition) is 2. The molecule has 0 aromatic rings. The van der Waals surface area contributed by atoms with E-state index in [4.69, 9.17) is 4.74 Å². The molecule has 96 valence electrons. The largest absolute Gasteiger partial charge is 0.379 e. The topological polar surface area (TPSA) is 33.3 Å². The monoisotopic (exact) mass is 228 g/mol. The van der Waals surface area contributed by atoms with Gasteiger partial charge in [-0.2, -0.15) is 0 Å². The lowest BCUT2D eigenvalue weighted by Gasteiger charge is -2.23. The van der Waals surface area contributed by atoms with Crippen LogP contribution in [0.15, 0.2) is 0 Å². The lowest BCUT2D eigenvalue weighted by atomic mass is 10.1. The summed E-state index contributed by atoms with van der Waals surface area (Å²) in [5.41, 5.74) is 0. The Morgan fingerprint density at radius 1 is 1.31 bits per heavy atom. The zero-order chi connectivity index (χ0) is 11.6. The molecule has 3 heteroatoms. The molecule has 1 fully saturated rings. The third-order valence-corrected chi connectivity index (χ3v) is 3.05. The summed E-state index contributed by atoms with van der Waals surface area (Å²) >= 11 is 0. The average Bonchev–Trinajstić information content (AvgIpc) is 2.29. The first-order valence-electron chi connectivity index (χ1n) is 6.81. The predicted molar refractivity (Wildman–Crippen MR) is 68.8 cm³/mol. The molecule has 0 spiro atoms. The molecule has 16 heavy (non-hydrogen) atoms. The minimum atomic E-state index is 0.567. The zero-order valence-electron chi connectivity index (χ0n) is 10.9. The summed E-state index contributed by atoms with van der Waals surface area (Å²) in [6, 6.07) is 0.567. The van der Waals surface area contributed by atoms with Crippen LogP contribution < -0.4 is 10.6 Å². The highest BCUT2D eigenvalue weighted by molar-refractivity contribution is 4.70. The summed E-state index contributed by atoms with van der Waals surface area (Å²) in [4.78, 5) is 0. The second kappa shape index (κ2) is 8.97. The van der Waals surface area contributed by atoms with E-state index in [1.165, 1.54) is 32.2 Å². The lowest BCUT2D eigenvalue weighted by molar-refractivity contribution is 0.0743. The summed E-state index contributed by atoms with van der Waals surface area (Å²) in [5.74, 6) is 0.851. The Hall–Kier alpha value is -0.120. The second-order valence-electron chi connectivity index (χ2n) is 5.15. The Morgan fingerprint density at radius 3 is 2.88 bits per heavy atom. The van der Waals surface area contributed by atoms with Crippen LogP contribution in [0, 0.1) is 5.92 Å². The van der Waals surface area contributed by atoms with Crippen LogP contribution in [-0.2, 0) is 4.74 Å². The van der Waals surface area contributed by atoms with Crippen LogP contribution in [0.25, 0.3) is 0 Å². The third kappa shape index (κ3) is 7.20. The molecule has 0 aliphatic carbocycles. The van der Waals surface area contributed by atoms with E-state index < -0.39 is 0 Å². The van der Waals surface area contributed by atoms with E-state index in [1.807, 2.05) is 0 Å². The number of ether oxygens (including phenoxy) is 1. The van der Waals surface area contributed by atoms with Gasteiger partial charge in [-0.05, 0) is 31.8 Å². The van der Waals surface area contributed by atoms with Crippen molar-refractivity contribution < 1.29 is 4.74 Å². The minimum Gasteiger partial charge on any atom is -0.379 e. The van der Waals surface area contributed by atoms with Crippen molar-refractivity contribution in [1.29, 1.82) is 0 Å². The van der Waals surface area contributed by atoms with Crippen molar-refractivity contribution >= 4 is 0 Å². The maximum atomic E-state index is 5.41. The minimum absolute atomic E-state index is 0.567. The summed E-state index contributed by atoms with van der Waals surface area (Å²) in [5, 5.41) is 6.98. The molecule has 0 aromatic carbocycles. The summed E-state index contributed by atoms with van der Waals surface area (Å²) < 4.78 is 5.41. The zero-order valence-corrected chi connectivity index (χ0v) is 10.9. The summed E-state index contributed by atoms with van der Waals surface area (Å²) in [7, 11) is 0. The van der Waals surface area contributed by atoms with E-state index in [2.05, 4.69) is 24.5 Å². The molecular weight excluding hydrogens is 200 g/mol. The molecule has 0 bridgehead atoms. The van der Waals surface area contributed by atoms with Gasteiger partial charge >= 0.3 is 0 Å². The van der Waals surface area contributed by atoms with Crippen molar-refractivity contribution in [3.05, 3.63) is 0 Å². The van der Waals surface area contributed by atoms with Crippen LogP contribution >= 0.6 is 0 Å². The molecule has 0 saturated carbocycles. The average molecular weight is 228 g/mol. The molecule has 1 atom stereocenters. The Labute approximate surface area is 100 Å². The maximum Gasteiger partial charge on any atom is 0.0620 e. The molecule has 1 aliphatic rings. The Bertz CT molecular complexity index is 156. The lowest BCUT2D eigenvalue weighted by Crippen LogP contribution is -2.42. The highest BCUT2D eigenvalue weighted by Gasteiger charge is 2.11. The highest BCUT2D eigenvalue weighted by atomic mass is 16.5. The Kier molecular flexibility index (Phi) is 7.81. The van der Waals surface area contributed by atoms with Gasteiger partial charge in [0.15, 0.2) is 0 Å². The van der Waals surface area contributed by atoms with Gasteiger partial charge < -0.3 is 15.4 Å². The molecule has 0 radical (unpaired) electrons. The molecule has 2 N–H and O–H groups in total. The van der Waals surface area contributed by atoms with Crippen LogP contribution in [0.5, 0.6) is 0 Å². The van der Waals surface area contributed by atoms with E-state index in [1.54, 1.807) is 0 Å². The number of hydrogen-bond acceptors (Lipinski definition) is 3. The van der Waals surface area contributed by atoms with Crippen molar-refractivity contribution in [2.75, 3.05) is 32.8 Å². The molecule has 1 unspecified atom stereocenters. The second-order valence-corrected chi connectivity index (χ2v) is 5.15. The van der Waals surface area contributed by atoms with Crippen molar-refractivity contribution in [3.63, 3.8) is 0 Å². The number of morpholine rings is 1. The number of unbranched alkanes of at least 4 members (excludes halogenated alkanes) is 1. The number of rotatable bonds is 8. The standard InChI is InChI=1S/C13H28N2O/c1-12(2)5-3-4-7-14-8-6-13-11-16-10-9-15-13/h12-15H,3-11H2,1-2H3. The first-order valence-corrected chi connectivity index (χ1v) is 6.81. The van der Waals surface area contributed by atoms with Gasteiger partial charge in [-0.15, -0.1) is 0 Å². The molecule has 0 amide bonds. The smallest absolute Gasteiger partial charge is 0.0620 e. The van der Waals surface area contributed by atoms with Crippen LogP contribution in [-0.4, -0.2) is 38.9 Å². The van der Waals surface area contributed by atoms with Crippen LogP contribution in [0.3, 0.4) is 0 Å². The van der Waals surface area contributed by atoms with Gasteiger partial charge in [0.1, 0.15) is 0 Å². The summed E-state index contributed by atoms with van der Waals surface area (Å²) in [6.07, 6.45) is 5.21. The fraction of sp³-hybridized carbons (Fsp3) is 1.00. The van der Waals surface area contributed by atoms with E-state index in [9.17, 15) is 0 Å². The van der Waals surface area contributed by atoms with E-state index in [0.29, 0.717) is 6.04 Å². The Morgan fingerprint density at radius 2 is 2.19 bits per heavy atom. The van der Waals surface area contributed by atoms with Crippen molar-refractivity contribution in [3.8, 4) is 0 Å². The quantitative estimate of drug-likeness (QED) is 0.621. The molecule has 1 aliphatic heterocycles. The van der Waals surface area contributed by atoms with Gasteiger partial charge in [0.05, 0.1) is 13.2 Å². The third-order valence-electron chi connectivity index (χ3n) is 3.05. The predicted octanol–water partition coefficient (Wildman–Crippen LogP) is 1.78. The van der Waals surface area contributed by atoms with Crippen LogP contribution in [0.1, 0.15) is 39.5 Å². The van der Waals surface area contributed by atoms with Crippen LogP contribution in [0.2, 0.25) is 0 Å². The summed E-state index contributed by atoms with van der Waals surface area (Å²) in [6.45, 7) is 9.64. The van der Waals surface area contributed by atoms with Gasteiger partial charge in [0.2, 0.25) is 0 Å². The molecule has 1 rings (SSSR count). The van der Waals surface area contributed by atoms with Crippen molar-refractivity contribution in [2.24, 2.45) is 5.92 Å². The SMILES string of the molecule is CC(C)CCCCNCCC1COCCN1. The van der Waals surface area contributed by atoms with Gasteiger partial charge in [-0.3, -0.25) is 0 Å². The normalized spacial score (nSPS) is 21.6. The molecule has 0 aromatic heterocycles. The highest BCUT2D eigenvalue weighted by Crippen LogP contribution is 2.05. The van der Waals surface area contributed by atoms with Gasteiger partial charge in [-0.25, -0.2) is 0 Å². The molecule has 1 heterocycles. The first-order chi connectivity index (χ1) is 7.79. The molecular formula is C13H28N2O. The fourth-order valence-corrected chi connectivity index (χ4v) is 2.01. The van der Waals surface area contributed by atoms with Crippen LogP contribution in [0.4, 0.5) is 0 Å². The maximum absolute atomic E-state index is 5.41. The van der Waals surface area contributed by atoms with Gasteiger partial charge in [0.25, 0.3) is 0 Å². The van der Waals surface area contributed by atoms with Gasteiger partial charge in [-0.1, -0.05) is 26.7 Å². The van der Waals surface area contributed by atoms with E-state index in [0.717, 1.165) is 32.2 Å². The first kappa shape index (κ1) is 13.9. The molecule has 3 nitrogen and oxygen atoms in total. The van der Waals surface area contributed by atoms with E-state index >= 15 is 0 Å². The van der Waals surface area contributed by atoms with Crippen molar-refractivity contribution in [1.82, 2.24) is 10.6 Å². The van der Waals surface area contributed by atoms with Crippen molar-refractivity contribution in [2.45, 2.75) is 45.6 Å². The van der Waals surface area contributed by atoms with Gasteiger partial charge in [0, 0.05) is 12.6 Å². The fourth-order valence-electron chi connectivity index (χ4n) is 2.01. The number of nitrogens with one attached hydrogen (secondary N) is 2. The Balaban J connectivity index is 1.80. The molecule has 1 saturated heterocycles. The van der Waals surface area contributed by atoms with E-state index in [-0.39, 0.29) is 0 Å².